The molecular weight excluding hydrogens is 240 g/mol. The van der Waals surface area contributed by atoms with E-state index in [1.165, 1.54) is 0 Å². The van der Waals surface area contributed by atoms with Crippen LogP contribution >= 0.6 is 0 Å². The van der Waals surface area contributed by atoms with Crippen LogP contribution in [0.5, 0.6) is 0 Å². The lowest BCUT2D eigenvalue weighted by atomic mass is 9.81. The van der Waals surface area contributed by atoms with Crippen molar-refractivity contribution in [2.24, 2.45) is 11.7 Å². The van der Waals surface area contributed by atoms with Crippen LogP contribution in [-0.2, 0) is 4.74 Å². The predicted octanol–water partition coefficient (Wildman–Crippen LogP) is -2.89. The fraction of sp³-hybridized carbons (Fsp3) is 1.00. The molecule has 1 heterocycles. The minimum absolute atomic E-state index is 0.298. The molecule has 0 bridgehead atoms. The highest BCUT2D eigenvalue weighted by atomic mass is 16.6. The van der Waals surface area contributed by atoms with E-state index in [0.717, 1.165) is 19.4 Å². The molecule has 1 saturated heterocycles. The van der Waals surface area contributed by atoms with Gasteiger partial charge in [-0.05, 0) is 25.3 Å². The van der Waals surface area contributed by atoms with Crippen LogP contribution < -0.4 is 11.1 Å². The smallest absolute Gasteiger partial charge is 0.184 e. The SMILES string of the molecule is NC1CC(CNC[C@H]2O[C@H](O)[C@H](O)[C@@H](O)[C@@H]2O)C1. The minimum Gasteiger partial charge on any atom is -0.388 e. The molecule has 1 aliphatic heterocycles. The van der Waals surface area contributed by atoms with Crippen molar-refractivity contribution in [3.05, 3.63) is 0 Å². The lowest BCUT2D eigenvalue weighted by Gasteiger charge is -2.39. The molecule has 0 amide bonds. The number of aliphatic hydroxyl groups excluding tert-OH is 4. The largest absolute Gasteiger partial charge is 0.388 e. The monoisotopic (exact) mass is 262 g/mol. The molecule has 106 valence electrons. The van der Waals surface area contributed by atoms with Gasteiger partial charge < -0.3 is 36.2 Å². The van der Waals surface area contributed by atoms with Crippen molar-refractivity contribution in [3.8, 4) is 0 Å². The zero-order valence-electron chi connectivity index (χ0n) is 10.1. The number of hydrogen-bond acceptors (Lipinski definition) is 7. The molecule has 2 rings (SSSR count). The van der Waals surface area contributed by atoms with Crippen LogP contribution in [0.4, 0.5) is 0 Å². The average molecular weight is 262 g/mol. The third-order valence-electron chi connectivity index (χ3n) is 3.74. The Labute approximate surface area is 106 Å². The molecule has 7 N–H and O–H groups in total. The minimum atomic E-state index is -1.47. The first kappa shape index (κ1) is 14.1. The van der Waals surface area contributed by atoms with E-state index >= 15 is 0 Å². The van der Waals surface area contributed by atoms with E-state index in [2.05, 4.69) is 5.32 Å². The van der Waals surface area contributed by atoms with E-state index in [4.69, 9.17) is 10.5 Å². The molecule has 0 aromatic rings. The summed E-state index contributed by atoms with van der Waals surface area (Å²) in [6.07, 6.45) is -4.28. The summed E-state index contributed by atoms with van der Waals surface area (Å²) < 4.78 is 5.04. The Kier molecular flexibility index (Phi) is 4.54. The molecule has 2 fully saturated rings. The van der Waals surface area contributed by atoms with Gasteiger partial charge in [0, 0.05) is 12.6 Å². The number of nitrogens with two attached hydrogens (primary N) is 1. The first-order valence-corrected chi connectivity index (χ1v) is 6.33. The summed E-state index contributed by atoms with van der Waals surface area (Å²) in [7, 11) is 0. The van der Waals surface area contributed by atoms with Gasteiger partial charge in [0.2, 0.25) is 0 Å². The molecular formula is C11H22N2O5. The van der Waals surface area contributed by atoms with Gasteiger partial charge in [0.05, 0.1) is 0 Å². The van der Waals surface area contributed by atoms with Gasteiger partial charge in [-0.3, -0.25) is 0 Å². The Morgan fingerprint density at radius 1 is 1.00 bits per heavy atom. The highest BCUT2D eigenvalue weighted by Gasteiger charge is 2.42. The van der Waals surface area contributed by atoms with Gasteiger partial charge in [0.15, 0.2) is 6.29 Å². The number of ether oxygens (including phenoxy) is 1. The maximum Gasteiger partial charge on any atom is 0.184 e. The fourth-order valence-corrected chi connectivity index (χ4v) is 2.48. The first-order chi connectivity index (χ1) is 8.49. The Morgan fingerprint density at radius 3 is 2.28 bits per heavy atom. The number of aliphatic hydroxyl groups is 4. The van der Waals surface area contributed by atoms with Crippen LogP contribution in [0.1, 0.15) is 12.8 Å². The Hall–Kier alpha value is -0.280. The van der Waals surface area contributed by atoms with Gasteiger partial charge >= 0.3 is 0 Å². The zero-order chi connectivity index (χ0) is 13.3. The normalized spacial score (nSPS) is 48.8. The topological polar surface area (TPSA) is 128 Å². The van der Waals surface area contributed by atoms with Crippen molar-refractivity contribution < 1.29 is 25.2 Å². The van der Waals surface area contributed by atoms with Gasteiger partial charge in [-0.1, -0.05) is 0 Å². The van der Waals surface area contributed by atoms with Gasteiger partial charge in [-0.25, -0.2) is 0 Å². The van der Waals surface area contributed by atoms with Gasteiger partial charge in [0.1, 0.15) is 24.4 Å². The van der Waals surface area contributed by atoms with E-state index < -0.39 is 30.7 Å². The second-order valence-electron chi connectivity index (χ2n) is 5.29. The standard InChI is InChI=1S/C11H22N2O5/c12-6-1-5(2-6)3-13-4-7-8(14)9(15)10(16)11(17)18-7/h5-11,13-17H,1-4,12H2/t5?,6?,7-,8-,9+,10-,11+/m1/s1. The molecule has 5 atom stereocenters. The van der Waals surface area contributed by atoms with Crippen molar-refractivity contribution in [1.29, 1.82) is 0 Å². The van der Waals surface area contributed by atoms with Crippen LogP contribution in [0.25, 0.3) is 0 Å². The molecule has 0 unspecified atom stereocenters. The number of nitrogens with one attached hydrogen (secondary N) is 1. The van der Waals surface area contributed by atoms with Crippen LogP contribution in [0.3, 0.4) is 0 Å². The molecule has 7 heteroatoms. The summed E-state index contributed by atoms with van der Waals surface area (Å²) in [6, 6.07) is 0.298. The quantitative estimate of drug-likeness (QED) is 0.321. The van der Waals surface area contributed by atoms with Crippen molar-refractivity contribution in [2.75, 3.05) is 13.1 Å². The second-order valence-corrected chi connectivity index (χ2v) is 5.29. The van der Waals surface area contributed by atoms with Crippen molar-refractivity contribution >= 4 is 0 Å². The lowest BCUT2D eigenvalue weighted by molar-refractivity contribution is -0.280. The second kappa shape index (κ2) is 5.79. The molecule has 0 aromatic heterocycles. The van der Waals surface area contributed by atoms with E-state index in [1.807, 2.05) is 0 Å². The van der Waals surface area contributed by atoms with Crippen LogP contribution in [0.15, 0.2) is 0 Å². The van der Waals surface area contributed by atoms with E-state index in [-0.39, 0.29) is 0 Å². The summed E-state index contributed by atoms with van der Waals surface area (Å²) in [5.41, 5.74) is 5.67. The highest BCUT2D eigenvalue weighted by molar-refractivity contribution is 4.90. The predicted molar refractivity (Wildman–Crippen MR) is 62.5 cm³/mol. The maximum atomic E-state index is 9.70. The molecule has 0 aromatic carbocycles. The molecule has 0 radical (unpaired) electrons. The Morgan fingerprint density at radius 2 is 1.67 bits per heavy atom. The first-order valence-electron chi connectivity index (χ1n) is 6.33. The third-order valence-corrected chi connectivity index (χ3v) is 3.74. The number of rotatable bonds is 4. The highest BCUT2D eigenvalue weighted by Crippen LogP contribution is 2.24. The number of hydrogen-bond donors (Lipinski definition) is 6. The average Bonchev–Trinajstić information content (AvgIpc) is 2.30. The summed E-state index contributed by atoms with van der Waals surface area (Å²) >= 11 is 0. The molecule has 0 spiro atoms. The third kappa shape index (κ3) is 3.00. The van der Waals surface area contributed by atoms with Crippen LogP contribution in [-0.4, -0.2) is 70.3 Å². The molecule has 7 nitrogen and oxygen atoms in total. The van der Waals surface area contributed by atoms with E-state index in [0.29, 0.717) is 18.5 Å². The van der Waals surface area contributed by atoms with E-state index in [9.17, 15) is 20.4 Å². The van der Waals surface area contributed by atoms with Crippen molar-refractivity contribution in [3.63, 3.8) is 0 Å². The summed E-state index contributed by atoms with van der Waals surface area (Å²) in [4.78, 5) is 0. The molecule has 2 aliphatic rings. The lowest BCUT2D eigenvalue weighted by Crippen LogP contribution is -2.60. The zero-order valence-corrected chi connectivity index (χ0v) is 10.1. The molecule has 18 heavy (non-hydrogen) atoms. The Balaban J connectivity index is 1.71. The van der Waals surface area contributed by atoms with Crippen LogP contribution in [0, 0.1) is 5.92 Å². The molecule has 1 aliphatic carbocycles. The van der Waals surface area contributed by atoms with Gasteiger partial charge in [0.25, 0.3) is 0 Å². The summed E-state index contributed by atoms with van der Waals surface area (Å²) in [5, 5.41) is 41.0. The summed E-state index contributed by atoms with van der Waals surface area (Å²) in [6.45, 7) is 1.09. The van der Waals surface area contributed by atoms with Gasteiger partial charge in [-0.15, -0.1) is 0 Å². The fourth-order valence-electron chi connectivity index (χ4n) is 2.48. The maximum absolute atomic E-state index is 9.70. The summed E-state index contributed by atoms with van der Waals surface area (Å²) in [5.74, 6) is 0.543. The Bertz CT molecular complexity index is 274. The van der Waals surface area contributed by atoms with Crippen molar-refractivity contribution in [2.45, 2.75) is 49.6 Å². The molecule has 1 saturated carbocycles. The van der Waals surface area contributed by atoms with Gasteiger partial charge in [-0.2, -0.15) is 0 Å². The van der Waals surface area contributed by atoms with Crippen molar-refractivity contribution in [1.82, 2.24) is 5.32 Å². The van der Waals surface area contributed by atoms with Crippen LogP contribution in [0.2, 0.25) is 0 Å². The van der Waals surface area contributed by atoms with E-state index in [1.54, 1.807) is 0 Å².